The molecular formula is C25H27N3O4. The minimum atomic E-state index is -0.737. The van der Waals surface area contributed by atoms with Crippen molar-refractivity contribution in [2.24, 2.45) is 0 Å². The molecule has 7 nitrogen and oxygen atoms in total. The SMILES string of the molecule is CCOc1ccccc1NC(=O)C(=O)NC[C@@H](c1ccco1)N1CCc2ccccc2C1. The van der Waals surface area contributed by atoms with Crippen LogP contribution in [0, 0.1) is 0 Å². The first-order valence-corrected chi connectivity index (χ1v) is 10.8. The Hall–Kier alpha value is -3.58. The van der Waals surface area contributed by atoms with Crippen LogP contribution in [0.15, 0.2) is 71.3 Å². The molecule has 3 aromatic rings. The van der Waals surface area contributed by atoms with Crippen LogP contribution in [0.25, 0.3) is 0 Å². The van der Waals surface area contributed by atoms with Gasteiger partial charge in [0.2, 0.25) is 0 Å². The number of rotatable bonds is 7. The molecule has 0 fully saturated rings. The van der Waals surface area contributed by atoms with Crippen molar-refractivity contribution in [3.05, 3.63) is 83.8 Å². The van der Waals surface area contributed by atoms with E-state index in [0.717, 1.165) is 25.3 Å². The first-order chi connectivity index (χ1) is 15.7. The van der Waals surface area contributed by atoms with Gasteiger partial charge in [-0.15, -0.1) is 0 Å². The van der Waals surface area contributed by atoms with Crippen LogP contribution in [0.5, 0.6) is 5.75 Å². The Morgan fingerprint density at radius 3 is 2.59 bits per heavy atom. The van der Waals surface area contributed by atoms with Crippen LogP contribution in [0.2, 0.25) is 0 Å². The van der Waals surface area contributed by atoms with Crippen molar-refractivity contribution in [2.75, 3.05) is 25.0 Å². The summed E-state index contributed by atoms with van der Waals surface area (Å²) < 4.78 is 11.2. The molecule has 7 heteroatoms. The maximum absolute atomic E-state index is 12.6. The van der Waals surface area contributed by atoms with Crippen LogP contribution in [0.4, 0.5) is 5.69 Å². The smallest absolute Gasteiger partial charge is 0.313 e. The predicted molar refractivity (Wildman–Crippen MR) is 121 cm³/mol. The van der Waals surface area contributed by atoms with Crippen LogP contribution < -0.4 is 15.4 Å². The van der Waals surface area contributed by atoms with Gasteiger partial charge in [-0.25, -0.2) is 0 Å². The highest BCUT2D eigenvalue weighted by atomic mass is 16.5. The van der Waals surface area contributed by atoms with Gasteiger partial charge in [-0.05, 0) is 48.7 Å². The minimum Gasteiger partial charge on any atom is -0.492 e. The van der Waals surface area contributed by atoms with Gasteiger partial charge < -0.3 is 19.8 Å². The van der Waals surface area contributed by atoms with Crippen molar-refractivity contribution < 1.29 is 18.7 Å². The lowest BCUT2D eigenvalue weighted by Gasteiger charge is -2.34. The minimum absolute atomic E-state index is 0.175. The summed E-state index contributed by atoms with van der Waals surface area (Å²) in [6.45, 7) is 4.18. The fraction of sp³-hybridized carbons (Fsp3) is 0.280. The van der Waals surface area contributed by atoms with Crippen LogP contribution in [0.3, 0.4) is 0 Å². The Morgan fingerprint density at radius 2 is 1.81 bits per heavy atom. The molecule has 0 bridgehead atoms. The standard InChI is InChI=1S/C25H27N3O4/c1-2-31-22-11-6-5-10-20(22)27-25(30)24(29)26-16-21(23-12-7-15-32-23)28-14-13-18-8-3-4-9-19(18)17-28/h3-12,15,21H,2,13-14,16-17H2,1H3,(H,26,29)(H,27,30)/t21-/m0/s1. The van der Waals surface area contributed by atoms with Gasteiger partial charge in [0, 0.05) is 19.6 Å². The number of fused-ring (bicyclic) bond motifs is 1. The largest absolute Gasteiger partial charge is 0.492 e. The molecule has 2 N–H and O–H groups in total. The number of amides is 2. The molecule has 0 radical (unpaired) electrons. The second kappa shape index (κ2) is 10.2. The highest BCUT2D eigenvalue weighted by Gasteiger charge is 2.28. The van der Waals surface area contributed by atoms with Crippen LogP contribution in [0.1, 0.15) is 29.9 Å². The number of furan rings is 1. The zero-order valence-electron chi connectivity index (χ0n) is 18.0. The molecule has 2 aromatic carbocycles. The lowest BCUT2D eigenvalue weighted by atomic mass is 9.98. The molecule has 0 saturated heterocycles. The van der Waals surface area contributed by atoms with E-state index >= 15 is 0 Å². The molecule has 2 heterocycles. The Balaban J connectivity index is 1.41. The maximum atomic E-state index is 12.6. The topological polar surface area (TPSA) is 83.8 Å². The first kappa shape index (κ1) is 21.6. The Morgan fingerprint density at radius 1 is 1.03 bits per heavy atom. The molecule has 1 aliphatic heterocycles. The number of benzene rings is 2. The fourth-order valence-electron chi connectivity index (χ4n) is 3.97. The second-order valence-corrected chi connectivity index (χ2v) is 7.61. The Kier molecular flexibility index (Phi) is 6.87. The summed E-state index contributed by atoms with van der Waals surface area (Å²) in [7, 11) is 0. The van der Waals surface area contributed by atoms with E-state index in [1.165, 1.54) is 11.1 Å². The average Bonchev–Trinajstić information content (AvgIpc) is 3.35. The van der Waals surface area contributed by atoms with E-state index in [-0.39, 0.29) is 12.6 Å². The molecule has 1 aliphatic rings. The summed E-state index contributed by atoms with van der Waals surface area (Å²) in [4.78, 5) is 27.3. The summed E-state index contributed by atoms with van der Waals surface area (Å²) in [5, 5.41) is 5.40. The number of carbonyl (C=O) groups excluding carboxylic acids is 2. The molecule has 4 rings (SSSR count). The van der Waals surface area contributed by atoms with E-state index in [9.17, 15) is 9.59 Å². The van der Waals surface area contributed by atoms with Crippen molar-refractivity contribution >= 4 is 17.5 Å². The van der Waals surface area contributed by atoms with Crippen molar-refractivity contribution in [3.8, 4) is 5.75 Å². The first-order valence-electron chi connectivity index (χ1n) is 10.8. The number of anilines is 1. The van der Waals surface area contributed by atoms with Crippen molar-refractivity contribution in [1.29, 1.82) is 0 Å². The number of hydrogen-bond donors (Lipinski definition) is 2. The quantitative estimate of drug-likeness (QED) is 0.557. The molecule has 0 spiro atoms. The van der Waals surface area contributed by atoms with Gasteiger partial charge in [0.25, 0.3) is 0 Å². The van der Waals surface area contributed by atoms with Gasteiger partial charge in [-0.1, -0.05) is 36.4 Å². The van der Waals surface area contributed by atoms with Gasteiger partial charge in [0.15, 0.2) is 0 Å². The normalized spacial score (nSPS) is 14.3. The van der Waals surface area contributed by atoms with E-state index in [0.29, 0.717) is 18.0 Å². The van der Waals surface area contributed by atoms with Crippen molar-refractivity contribution in [1.82, 2.24) is 10.2 Å². The zero-order chi connectivity index (χ0) is 22.3. The number of nitrogens with zero attached hydrogens (tertiary/aromatic N) is 1. The van der Waals surface area contributed by atoms with Crippen LogP contribution in [-0.4, -0.2) is 36.4 Å². The summed E-state index contributed by atoms with van der Waals surface area (Å²) >= 11 is 0. The zero-order valence-corrected chi connectivity index (χ0v) is 18.0. The Bertz CT molecular complexity index is 1060. The number of nitrogens with one attached hydrogen (secondary N) is 2. The summed E-state index contributed by atoms with van der Waals surface area (Å²) in [6.07, 6.45) is 2.55. The van der Waals surface area contributed by atoms with E-state index in [1.807, 2.05) is 31.2 Å². The van der Waals surface area contributed by atoms with E-state index in [2.05, 4.69) is 33.7 Å². The molecular weight excluding hydrogens is 406 g/mol. The summed E-state index contributed by atoms with van der Waals surface area (Å²) in [5.74, 6) is -0.159. The molecule has 0 saturated carbocycles. The second-order valence-electron chi connectivity index (χ2n) is 7.61. The number of hydrogen-bond acceptors (Lipinski definition) is 5. The summed E-state index contributed by atoms with van der Waals surface area (Å²) in [6, 6.07) is 19.0. The lowest BCUT2D eigenvalue weighted by Crippen LogP contribution is -2.43. The highest BCUT2D eigenvalue weighted by molar-refractivity contribution is 6.39. The summed E-state index contributed by atoms with van der Waals surface area (Å²) in [5.41, 5.74) is 3.08. The molecule has 166 valence electrons. The molecule has 32 heavy (non-hydrogen) atoms. The average molecular weight is 434 g/mol. The van der Waals surface area contributed by atoms with Gasteiger partial charge >= 0.3 is 11.8 Å². The third-order valence-electron chi connectivity index (χ3n) is 5.57. The number of carbonyl (C=O) groups is 2. The monoisotopic (exact) mass is 433 g/mol. The molecule has 2 amide bonds. The fourth-order valence-corrected chi connectivity index (χ4v) is 3.97. The van der Waals surface area contributed by atoms with Crippen molar-refractivity contribution in [2.45, 2.75) is 25.9 Å². The van der Waals surface area contributed by atoms with Gasteiger partial charge in [0.05, 0.1) is 24.6 Å². The third-order valence-corrected chi connectivity index (χ3v) is 5.57. The van der Waals surface area contributed by atoms with Gasteiger partial charge in [-0.2, -0.15) is 0 Å². The lowest BCUT2D eigenvalue weighted by molar-refractivity contribution is -0.136. The molecule has 1 aromatic heterocycles. The van der Waals surface area contributed by atoms with E-state index < -0.39 is 11.8 Å². The number of para-hydroxylation sites is 2. The predicted octanol–water partition coefficient (Wildman–Crippen LogP) is 3.53. The Labute approximate surface area is 187 Å². The maximum Gasteiger partial charge on any atom is 0.313 e. The van der Waals surface area contributed by atoms with Crippen LogP contribution >= 0.6 is 0 Å². The third kappa shape index (κ3) is 5.00. The number of ether oxygens (including phenoxy) is 1. The van der Waals surface area contributed by atoms with Gasteiger partial charge in [0.1, 0.15) is 11.5 Å². The molecule has 0 unspecified atom stereocenters. The highest BCUT2D eigenvalue weighted by Crippen LogP contribution is 2.28. The van der Waals surface area contributed by atoms with Crippen LogP contribution in [-0.2, 0) is 22.6 Å². The van der Waals surface area contributed by atoms with E-state index in [1.54, 1.807) is 24.5 Å². The molecule has 0 aliphatic carbocycles. The molecule has 1 atom stereocenters. The van der Waals surface area contributed by atoms with Crippen molar-refractivity contribution in [3.63, 3.8) is 0 Å². The van der Waals surface area contributed by atoms with Gasteiger partial charge in [-0.3, -0.25) is 14.5 Å². The van der Waals surface area contributed by atoms with E-state index in [4.69, 9.17) is 9.15 Å².